The zero-order valence-corrected chi connectivity index (χ0v) is 11.8. The third kappa shape index (κ3) is 3.71. The number of likely N-dealkylation sites (tertiary alicyclic amines) is 1. The quantitative estimate of drug-likeness (QED) is 0.901. The summed E-state index contributed by atoms with van der Waals surface area (Å²) in [5, 5.41) is 9.17. The van der Waals surface area contributed by atoms with Crippen molar-refractivity contribution in [3.63, 3.8) is 0 Å². The van der Waals surface area contributed by atoms with Gasteiger partial charge in [-0.15, -0.1) is 0 Å². The van der Waals surface area contributed by atoms with Crippen molar-refractivity contribution in [1.29, 1.82) is 0 Å². The number of rotatable bonds is 5. The normalized spacial score (nSPS) is 21.3. The molecule has 1 aromatic carbocycles. The minimum Gasteiger partial charge on any atom is -0.493 e. The fourth-order valence-corrected chi connectivity index (χ4v) is 2.56. The maximum absolute atomic E-state index is 13.0. The first kappa shape index (κ1) is 15.3. The van der Waals surface area contributed by atoms with Crippen molar-refractivity contribution in [3.8, 4) is 5.75 Å². The minimum absolute atomic E-state index is 0.0458. The molecule has 1 aliphatic rings. The number of carboxylic acid groups (broad SMARTS) is 1. The summed E-state index contributed by atoms with van der Waals surface area (Å²) in [6.07, 6.45) is 0.764. The lowest BCUT2D eigenvalue weighted by molar-refractivity contribution is -0.149. The molecule has 1 heterocycles. The van der Waals surface area contributed by atoms with E-state index in [-0.39, 0.29) is 24.9 Å². The molecule has 1 fully saturated rings. The molecule has 2 rings (SSSR count). The van der Waals surface area contributed by atoms with E-state index in [4.69, 9.17) is 4.74 Å². The second kappa shape index (κ2) is 6.56. The average molecular weight is 295 g/mol. The summed E-state index contributed by atoms with van der Waals surface area (Å²) in [6, 6.07) is 4.91. The number of hydrogen-bond donors (Lipinski definition) is 1. The van der Waals surface area contributed by atoms with Gasteiger partial charge in [-0.2, -0.15) is 0 Å². The molecule has 0 aliphatic carbocycles. The molecule has 5 nitrogen and oxygen atoms in total. The van der Waals surface area contributed by atoms with Gasteiger partial charge < -0.3 is 14.7 Å². The highest BCUT2D eigenvalue weighted by Gasteiger charge is 2.39. The number of carbonyl (C=O) groups is 2. The minimum atomic E-state index is -0.973. The highest BCUT2D eigenvalue weighted by Crippen LogP contribution is 2.24. The Morgan fingerprint density at radius 3 is 2.90 bits per heavy atom. The Morgan fingerprint density at radius 2 is 2.24 bits per heavy atom. The summed E-state index contributed by atoms with van der Waals surface area (Å²) >= 11 is 0. The number of aliphatic carboxylic acids is 1. The number of carbonyl (C=O) groups excluding carboxylic acids is 1. The molecule has 0 aromatic heterocycles. The van der Waals surface area contributed by atoms with E-state index in [1.165, 1.54) is 23.1 Å². The van der Waals surface area contributed by atoms with Gasteiger partial charge in [-0.3, -0.25) is 4.79 Å². The summed E-state index contributed by atoms with van der Waals surface area (Å²) in [6.45, 7) is 2.38. The van der Waals surface area contributed by atoms with Crippen LogP contribution in [0, 0.1) is 11.7 Å². The molecule has 0 radical (unpaired) electrons. The maximum Gasteiger partial charge on any atom is 0.326 e. The van der Waals surface area contributed by atoms with E-state index in [2.05, 4.69) is 0 Å². The molecule has 114 valence electrons. The van der Waals surface area contributed by atoms with Gasteiger partial charge >= 0.3 is 5.97 Å². The van der Waals surface area contributed by atoms with Crippen molar-refractivity contribution in [2.45, 2.75) is 25.8 Å². The van der Waals surface area contributed by atoms with Gasteiger partial charge in [0.25, 0.3) is 0 Å². The van der Waals surface area contributed by atoms with Crippen LogP contribution in [0.25, 0.3) is 0 Å². The van der Waals surface area contributed by atoms with E-state index < -0.39 is 17.8 Å². The summed E-state index contributed by atoms with van der Waals surface area (Å²) < 4.78 is 18.3. The molecule has 1 saturated heterocycles. The Hall–Kier alpha value is -2.11. The van der Waals surface area contributed by atoms with Gasteiger partial charge in [-0.25, -0.2) is 9.18 Å². The fraction of sp³-hybridized carbons (Fsp3) is 0.467. The molecule has 6 heteroatoms. The average Bonchev–Trinajstić information content (AvgIpc) is 2.81. The van der Waals surface area contributed by atoms with Gasteiger partial charge in [0.1, 0.15) is 17.6 Å². The molecule has 0 bridgehead atoms. The van der Waals surface area contributed by atoms with Gasteiger partial charge in [-0.1, -0.05) is 13.0 Å². The lowest BCUT2D eigenvalue weighted by Gasteiger charge is -2.23. The highest BCUT2D eigenvalue weighted by molar-refractivity contribution is 5.84. The van der Waals surface area contributed by atoms with E-state index >= 15 is 0 Å². The van der Waals surface area contributed by atoms with E-state index in [9.17, 15) is 19.1 Å². The molecule has 1 aliphatic heterocycles. The number of nitrogens with zero attached hydrogens (tertiary/aromatic N) is 1. The van der Waals surface area contributed by atoms with Crippen molar-refractivity contribution < 1.29 is 23.8 Å². The van der Waals surface area contributed by atoms with Crippen LogP contribution in [0.1, 0.15) is 19.8 Å². The Labute approximate surface area is 122 Å². The second-order valence-corrected chi connectivity index (χ2v) is 5.19. The van der Waals surface area contributed by atoms with Crippen LogP contribution in [0.4, 0.5) is 4.39 Å². The van der Waals surface area contributed by atoms with Crippen LogP contribution in [-0.4, -0.2) is 41.1 Å². The predicted octanol–water partition coefficient (Wildman–Crippen LogP) is 1.92. The third-order valence-electron chi connectivity index (χ3n) is 3.65. The number of halogens is 1. The lowest BCUT2D eigenvalue weighted by atomic mass is 10.0. The van der Waals surface area contributed by atoms with E-state index in [1.807, 2.05) is 6.92 Å². The largest absolute Gasteiger partial charge is 0.493 e. The van der Waals surface area contributed by atoms with E-state index in [0.29, 0.717) is 18.7 Å². The molecule has 1 amide bonds. The van der Waals surface area contributed by atoms with E-state index in [0.717, 1.165) is 0 Å². The van der Waals surface area contributed by atoms with Gasteiger partial charge in [0, 0.05) is 12.6 Å². The van der Waals surface area contributed by atoms with Crippen LogP contribution in [0.2, 0.25) is 0 Å². The van der Waals surface area contributed by atoms with Gasteiger partial charge in [-0.05, 0) is 24.5 Å². The Balaban J connectivity index is 1.86. The predicted molar refractivity (Wildman–Crippen MR) is 73.4 cm³/mol. The van der Waals surface area contributed by atoms with Crippen molar-refractivity contribution in [2.24, 2.45) is 5.92 Å². The number of amides is 1. The number of hydrogen-bond acceptors (Lipinski definition) is 3. The Morgan fingerprint density at radius 1 is 1.48 bits per heavy atom. The topological polar surface area (TPSA) is 66.8 Å². The molecule has 2 unspecified atom stereocenters. The van der Waals surface area contributed by atoms with Crippen LogP contribution in [-0.2, 0) is 9.59 Å². The summed E-state index contributed by atoms with van der Waals surface area (Å²) in [7, 11) is 0. The molecule has 21 heavy (non-hydrogen) atoms. The Kier molecular flexibility index (Phi) is 4.77. The van der Waals surface area contributed by atoms with Gasteiger partial charge in [0.15, 0.2) is 0 Å². The summed E-state index contributed by atoms with van der Waals surface area (Å²) in [5.74, 6) is -1.32. The number of carboxylic acids is 1. The number of benzene rings is 1. The van der Waals surface area contributed by atoms with Gasteiger partial charge in [0.2, 0.25) is 5.91 Å². The van der Waals surface area contributed by atoms with Crippen molar-refractivity contribution in [2.75, 3.05) is 13.2 Å². The van der Waals surface area contributed by atoms with Crippen LogP contribution in [0.15, 0.2) is 24.3 Å². The SMILES string of the molecule is CC1CCN(C(=O)CCOc2cccc(F)c2)C1C(=O)O. The summed E-state index contributed by atoms with van der Waals surface area (Å²) in [4.78, 5) is 24.7. The first-order chi connectivity index (χ1) is 9.99. The van der Waals surface area contributed by atoms with Crippen molar-refractivity contribution >= 4 is 11.9 Å². The third-order valence-corrected chi connectivity index (χ3v) is 3.65. The van der Waals surface area contributed by atoms with Crippen LogP contribution in [0.3, 0.4) is 0 Å². The standard InChI is InChI=1S/C15H18FNO4/c1-10-5-7-17(14(10)15(19)20)13(18)6-8-21-12-4-2-3-11(16)9-12/h2-4,9-10,14H,5-8H2,1H3,(H,19,20). The Bertz CT molecular complexity index is 534. The van der Waals surface area contributed by atoms with Crippen molar-refractivity contribution in [1.82, 2.24) is 4.90 Å². The van der Waals surface area contributed by atoms with Crippen LogP contribution >= 0.6 is 0 Å². The highest BCUT2D eigenvalue weighted by atomic mass is 19.1. The maximum atomic E-state index is 13.0. The molecule has 1 N–H and O–H groups in total. The van der Waals surface area contributed by atoms with Gasteiger partial charge in [0.05, 0.1) is 13.0 Å². The molecule has 2 atom stereocenters. The molecular formula is C15H18FNO4. The molecular weight excluding hydrogens is 277 g/mol. The zero-order valence-electron chi connectivity index (χ0n) is 11.8. The van der Waals surface area contributed by atoms with Crippen molar-refractivity contribution in [3.05, 3.63) is 30.1 Å². The van der Waals surface area contributed by atoms with E-state index in [1.54, 1.807) is 6.07 Å². The smallest absolute Gasteiger partial charge is 0.326 e. The second-order valence-electron chi connectivity index (χ2n) is 5.19. The molecule has 1 aromatic rings. The first-order valence-corrected chi connectivity index (χ1v) is 6.89. The number of ether oxygens (including phenoxy) is 1. The van der Waals surface area contributed by atoms with Crippen LogP contribution in [0.5, 0.6) is 5.75 Å². The fourth-order valence-electron chi connectivity index (χ4n) is 2.56. The van der Waals surface area contributed by atoms with Crippen LogP contribution < -0.4 is 4.74 Å². The zero-order chi connectivity index (χ0) is 15.4. The molecule has 0 spiro atoms. The lowest BCUT2D eigenvalue weighted by Crippen LogP contribution is -2.43. The molecule has 0 saturated carbocycles. The monoisotopic (exact) mass is 295 g/mol. The first-order valence-electron chi connectivity index (χ1n) is 6.89. The summed E-state index contributed by atoms with van der Waals surface area (Å²) in [5.41, 5.74) is 0.